The van der Waals surface area contributed by atoms with E-state index in [1.54, 1.807) is 30.6 Å². The molecule has 2 amide bonds. The molecule has 2 aliphatic rings. The van der Waals surface area contributed by atoms with Gasteiger partial charge in [0.15, 0.2) is 10.8 Å². The van der Waals surface area contributed by atoms with Gasteiger partial charge in [0.25, 0.3) is 11.8 Å². The highest BCUT2D eigenvalue weighted by Gasteiger charge is 2.54. The number of hydrogen-bond donors (Lipinski definition) is 2. The quantitative estimate of drug-likeness (QED) is 0.0833. The van der Waals surface area contributed by atoms with Crippen molar-refractivity contribution in [3.63, 3.8) is 0 Å². The van der Waals surface area contributed by atoms with Crippen molar-refractivity contribution in [3.8, 4) is 0 Å². The second-order valence-corrected chi connectivity index (χ2v) is 11.8. The van der Waals surface area contributed by atoms with Crippen LogP contribution >= 0.6 is 23.1 Å². The van der Waals surface area contributed by atoms with Gasteiger partial charge in [-0.15, -0.1) is 23.1 Å². The molecule has 2 aromatic rings. The zero-order valence-corrected chi connectivity index (χ0v) is 27.0. The minimum absolute atomic E-state index is 0.0462. The van der Waals surface area contributed by atoms with Crippen LogP contribution in [0.25, 0.3) is 6.08 Å². The minimum atomic E-state index is -1.34. The first-order valence-electron chi connectivity index (χ1n) is 14.1. The van der Waals surface area contributed by atoms with Crippen LogP contribution in [0, 0.1) is 0 Å². The first kappa shape index (κ1) is 34.1. The number of hydrogen-bond acceptors (Lipinski definition) is 15. The summed E-state index contributed by atoms with van der Waals surface area (Å²) < 4.78 is 15.8. The number of thiazole rings is 1. The number of oxime groups is 1. The van der Waals surface area contributed by atoms with Crippen LogP contribution in [0.3, 0.4) is 0 Å². The van der Waals surface area contributed by atoms with E-state index in [2.05, 4.69) is 25.3 Å². The van der Waals surface area contributed by atoms with Gasteiger partial charge in [-0.1, -0.05) is 37.2 Å². The first-order valence-corrected chi connectivity index (χ1v) is 16.1. The summed E-state index contributed by atoms with van der Waals surface area (Å²) in [7, 11) is 0. The molecule has 1 fully saturated rings. The summed E-state index contributed by atoms with van der Waals surface area (Å²) in [6.07, 6.45) is 5.13. The van der Waals surface area contributed by atoms with Crippen molar-refractivity contribution in [1.82, 2.24) is 20.2 Å². The van der Waals surface area contributed by atoms with E-state index < -0.39 is 47.6 Å². The second-order valence-electron chi connectivity index (χ2n) is 9.85. The standard InChI is InChI=1S/C29H32N6O9S2/c1-5-19(6-2)43-29(40)42-16(4)41-27(39)23-18(10-9-17-8-7-11-31-12-17)13-45-26-22(25(38)35(23)26)33-24(37)21(34-44-15(3)36)20-14-46-28(30)32-20/h7-12,14,16,19,22,26H,5-6,13H2,1-4H3,(H2,30,32)(H,33,37)/b10-9-,34-21?/t16?,22-,26+/m1/s1. The lowest BCUT2D eigenvalue weighted by atomic mass is 10.0. The number of nitrogen functional groups attached to an aromatic ring is 1. The largest absolute Gasteiger partial charge is 0.511 e. The molecule has 46 heavy (non-hydrogen) atoms. The van der Waals surface area contributed by atoms with Gasteiger partial charge in [0.2, 0.25) is 6.29 Å². The van der Waals surface area contributed by atoms with Crippen molar-refractivity contribution >= 4 is 69.9 Å². The van der Waals surface area contributed by atoms with Gasteiger partial charge in [0.05, 0.1) is 0 Å². The number of allylic oxidation sites excluding steroid dienone is 1. The number of esters is 1. The van der Waals surface area contributed by atoms with Gasteiger partial charge in [-0.2, -0.15) is 0 Å². The van der Waals surface area contributed by atoms with Crippen LogP contribution in [0.1, 0.15) is 51.8 Å². The van der Waals surface area contributed by atoms with Crippen LogP contribution in [0.4, 0.5) is 9.93 Å². The molecule has 2 aromatic heterocycles. The Balaban J connectivity index is 1.55. The number of rotatable bonds is 12. The third kappa shape index (κ3) is 8.28. The summed E-state index contributed by atoms with van der Waals surface area (Å²) in [5, 5.41) is 7.08. The molecule has 0 radical (unpaired) electrons. The zero-order valence-electron chi connectivity index (χ0n) is 25.3. The fourth-order valence-electron chi connectivity index (χ4n) is 4.34. The zero-order chi connectivity index (χ0) is 33.4. The van der Waals surface area contributed by atoms with Gasteiger partial charge in [0.1, 0.15) is 28.9 Å². The fraction of sp³-hybridized carbons (Fsp3) is 0.379. The SMILES string of the molecule is CCC(CC)OC(=O)OC(C)OC(=O)C1=C(/C=C\c2cccnc2)CS[C@H]2[C@H](NC(=O)C(=NOC(C)=O)c3csc(N)n3)C(=O)N12. The van der Waals surface area contributed by atoms with Crippen LogP contribution < -0.4 is 11.1 Å². The summed E-state index contributed by atoms with van der Waals surface area (Å²) in [4.78, 5) is 77.8. The lowest BCUT2D eigenvalue weighted by Gasteiger charge is -2.49. The average molecular weight is 673 g/mol. The average Bonchev–Trinajstić information content (AvgIpc) is 3.46. The van der Waals surface area contributed by atoms with Crippen molar-refractivity contribution in [3.05, 3.63) is 58.5 Å². The van der Waals surface area contributed by atoms with E-state index >= 15 is 0 Å². The Morgan fingerprint density at radius 2 is 1.96 bits per heavy atom. The number of nitrogens with two attached hydrogens (primary N) is 1. The number of thioether (sulfide) groups is 1. The van der Waals surface area contributed by atoms with Crippen LogP contribution in [-0.4, -0.2) is 80.1 Å². The summed E-state index contributed by atoms with van der Waals surface area (Å²) in [5.74, 6) is -2.91. The summed E-state index contributed by atoms with van der Waals surface area (Å²) in [6, 6.07) is 2.49. The van der Waals surface area contributed by atoms with Crippen LogP contribution in [0.15, 0.2) is 52.4 Å². The normalized spacial score (nSPS) is 18.5. The highest BCUT2D eigenvalue weighted by molar-refractivity contribution is 8.00. The van der Waals surface area contributed by atoms with Gasteiger partial charge in [-0.05, 0) is 30.0 Å². The number of aromatic nitrogens is 2. The number of carbonyl (C=O) groups excluding carboxylic acids is 5. The number of nitrogens with zero attached hydrogens (tertiary/aromatic N) is 4. The topological polar surface area (TPSA) is 202 Å². The molecule has 1 saturated heterocycles. The molecule has 0 aromatic carbocycles. The number of pyridine rings is 1. The van der Waals surface area contributed by atoms with E-state index in [0.29, 0.717) is 18.4 Å². The number of ether oxygens (including phenoxy) is 3. The van der Waals surface area contributed by atoms with Crippen LogP contribution in [-0.2, 0) is 38.2 Å². The molecular weight excluding hydrogens is 640 g/mol. The van der Waals surface area contributed by atoms with E-state index in [-0.39, 0.29) is 34.1 Å². The number of β-lactam (4-membered cyclic amide) rings is 1. The molecule has 4 heterocycles. The smallest absolute Gasteiger partial charge is 0.431 e. The molecule has 3 atom stereocenters. The fourth-order valence-corrected chi connectivity index (χ4v) is 6.20. The van der Waals surface area contributed by atoms with Crippen LogP contribution in [0.5, 0.6) is 0 Å². The molecular formula is C29H32N6O9S2. The summed E-state index contributed by atoms with van der Waals surface area (Å²) in [5.41, 5.74) is 6.49. The number of carbonyl (C=O) groups is 5. The lowest BCUT2D eigenvalue weighted by molar-refractivity contribution is -0.169. The van der Waals surface area contributed by atoms with Gasteiger partial charge in [-0.25, -0.2) is 19.4 Å². The highest BCUT2D eigenvalue weighted by Crippen LogP contribution is 2.41. The molecule has 0 spiro atoms. The van der Waals surface area contributed by atoms with E-state index in [1.165, 1.54) is 29.0 Å². The van der Waals surface area contributed by atoms with E-state index in [4.69, 9.17) is 19.9 Å². The minimum Gasteiger partial charge on any atom is -0.431 e. The van der Waals surface area contributed by atoms with E-state index in [9.17, 15) is 24.0 Å². The molecule has 0 aliphatic carbocycles. The maximum absolute atomic E-state index is 13.5. The Hall–Kier alpha value is -4.77. The van der Waals surface area contributed by atoms with E-state index in [0.717, 1.165) is 23.8 Å². The summed E-state index contributed by atoms with van der Waals surface area (Å²) >= 11 is 2.34. The number of nitrogens with one attached hydrogen (secondary N) is 1. The molecule has 0 saturated carbocycles. The second kappa shape index (κ2) is 15.5. The Morgan fingerprint density at radius 3 is 2.59 bits per heavy atom. The van der Waals surface area contributed by atoms with Crippen LogP contribution in [0.2, 0.25) is 0 Å². The van der Waals surface area contributed by atoms with Crippen molar-refractivity contribution in [1.29, 1.82) is 0 Å². The monoisotopic (exact) mass is 672 g/mol. The van der Waals surface area contributed by atoms with Crippen molar-refractivity contribution in [2.45, 2.75) is 64.3 Å². The molecule has 2 aliphatic heterocycles. The Kier molecular flexibility index (Phi) is 11.5. The van der Waals surface area contributed by atoms with E-state index in [1.807, 2.05) is 19.9 Å². The maximum Gasteiger partial charge on any atom is 0.511 e. The van der Waals surface area contributed by atoms with Crippen molar-refractivity contribution < 1.29 is 43.0 Å². The number of fused-ring (bicyclic) bond motifs is 1. The molecule has 15 nitrogen and oxygen atoms in total. The molecule has 4 rings (SSSR count). The lowest BCUT2D eigenvalue weighted by Crippen LogP contribution is -2.71. The number of anilines is 1. The van der Waals surface area contributed by atoms with Crippen molar-refractivity contribution in [2.24, 2.45) is 5.16 Å². The van der Waals surface area contributed by atoms with Gasteiger partial charge in [0, 0.05) is 37.4 Å². The third-order valence-electron chi connectivity index (χ3n) is 6.59. The molecule has 244 valence electrons. The third-order valence-corrected chi connectivity index (χ3v) is 8.57. The van der Waals surface area contributed by atoms with Gasteiger partial charge < -0.3 is 30.1 Å². The molecule has 17 heteroatoms. The predicted molar refractivity (Wildman–Crippen MR) is 168 cm³/mol. The Labute approximate surface area is 272 Å². The molecule has 0 bridgehead atoms. The highest BCUT2D eigenvalue weighted by atomic mass is 32.2. The molecule has 3 N–H and O–H groups in total. The van der Waals surface area contributed by atoms with Gasteiger partial charge in [-0.3, -0.25) is 19.5 Å². The Bertz CT molecular complexity index is 1570. The summed E-state index contributed by atoms with van der Waals surface area (Å²) in [6.45, 7) is 6.17. The predicted octanol–water partition coefficient (Wildman–Crippen LogP) is 2.99. The van der Waals surface area contributed by atoms with Crippen molar-refractivity contribution in [2.75, 3.05) is 11.5 Å². The van der Waals surface area contributed by atoms with Gasteiger partial charge >= 0.3 is 18.1 Å². The maximum atomic E-state index is 13.5. The first-order chi connectivity index (χ1) is 22.0. The Morgan fingerprint density at radius 1 is 1.20 bits per heavy atom. The molecule has 1 unspecified atom stereocenters. The number of amides is 2.